The molecule has 0 bridgehead atoms. The van der Waals surface area contributed by atoms with Crippen LogP contribution in [0.3, 0.4) is 0 Å². The lowest BCUT2D eigenvalue weighted by Gasteiger charge is -2.05. The monoisotopic (exact) mass is 274 g/mol. The molecule has 0 unspecified atom stereocenters. The summed E-state index contributed by atoms with van der Waals surface area (Å²) in [7, 11) is 0. The van der Waals surface area contributed by atoms with Crippen molar-refractivity contribution < 1.29 is 9.72 Å². The molecule has 2 rings (SSSR count). The van der Waals surface area contributed by atoms with Crippen LogP contribution in [0, 0.1) is 17.0 Å². The molecule has 0 spiro atoms. The zero-order valence-corrected chi connectivity index (χ0v) is 10.9. The Kier molecular flexibility index (Phi) is 4.09. The van der Waals surface area contributed by atoms with Crippen LogP contribution in [0.4, 0.5) is 5.69 Å². The summed E-state index contributed by atoms with van der Waals surface area (Å²) < 4.78 is 0. The summed E-state index contributed by atoms with van der Waals surface area (Å²) in [6.45, 7) is 2.06. The number of aryl methyl sites for hydroxylation is 1. The second-order valence-corrected chi connectivity index (χ2v) is 4.30. The Morgan fingerprint density at radius 2 is 2.30 bits per heavy atom. The van der Waals surface area contributed by atoms with E-state index in [1.165, 1.54) is 18.2 Å². The maximum Gasteiger partial charge on any atom is 0.272 e. The maximum atomic E-state index is 11.9. The number of benzene rings is 1. The van der Waals surface area contributed by atoms with Gasteiger partial charge in [0.25, 0.3) is 11.6 Å². The SMILES string of the molecule is Cc1cc(C(=O)NCCc2ncc[nH]2)ccc1[N+](=O)[O-]. The molecule has 7 nitrogen and oxygen atoms in total. The highest BCUT2D eigenvalue weighted by Crippen LogP contribution is 2.18. The van der Waals surface area contributed by atoms with Crippen molar-refractivity contribution in [3.63, 3.8) is 0 Å². The van der Waals surface area contributed by atoms with E-state index in [1.54, 1.807) is 19.3 Å². The number of hydrogen-bond acceptors (Lipinski definition) is 4. The smallest absolute Gasteiger partial charge is 0.272 e. The molecule has 0 saturated carbocycles. The van der Waals surface area contributed by atoms with Gasteiger partial charge in [-0.2, -0.15) is 0 Å². The molecule has 1 aromatic heterocycles. The lowest BCUT2D eigenvalue weighted by atomic mass is 10.1. The molecule has 0 saturated heterocycles. The van der Waals surface area contributed by atoms with Crippen molar-refractivity contribution in [2.24, 2.45) is 0 Å². The topological polar surface area (TPSA) is 101 Å². The fraction of sp³-hybridized carbons (Fsp3) is 0.231. The Hall–Kier alpha value is -2.70. The van der Waals surface area contributed by atoms with Crippen molar-refractivity contribution in [1.29, 1.82) is 0 Å². The van der Waals surface area contributed by atoms with E-state index in [0.717, 1.165) is 5.82 Å². The number of nitro benzene ring substituents is 1. The highest BCUT2D eigenvalue weighted by Gasteiger charge is 2.13. The first-order chi connectivity index (χ1) is 9.58. The van der Waals surface area contributed by atoms with Gasteiger partial charge in [0.05, 0.1) is 4.92 Å². The first kappa shape index (κ1) is 13.7. The van der Waals surface area contributed by atoms with Gasteiger partial charge >= 0.3 is 0 Å². The second kappa shape index (κ2) is 5.96. The van der Waals surface area contributed by atoms with Crippen LogP contribution in [0.25, 0.3) is 0 Å². The van der Waals surface area contributed by atoms with E-state index in [0.29, 0.717) is 24.1 Å². The van der Waals surface area contributed by atoms with Gasteiger partial charge in [0.2, 0.25) is 0 Å². The van der Waals surface area contributed by atoms with Crippen LogP contribution in [0.1, 0.15) is 21.7 Å². The van der Waals surface area contributed by atoms with Gasteiger partial charge in [-0.05, 0) is 19.1 Å². The van der Waals surface area contributed by atoms with Crippen molar-refractivity contribution in [2.75, 3.05) is 6.54 Å². The maximum absolute atomic E-state index is 11.9. The molecular formula is C13H14N4O3. The molecule has 0 aliphatic heterocycles. The number of rotatable bonds is 5. The Morgan fingerprint density at radius 3 is 2.90 bits per heavy atom. The van der Waals surface area contributed by atoms with Crippen LogP contribution in [-0.2, 0) is 6.42 Å². The summed E-state index contributed by atoms with van der Waals surface area (Å²) in [4.78, 5) is 29.1. The normalized spacial score (nSPS) is 10.2. The fourth-order valence-corrected chi connectivity index (χ4v) is 1.83. The van der Waals surface area contributed by atoms with Crippen LogP contribution in [0.2, 0.25) is 0 Å². The van der Waals surface area contributed by atoms with Gasteiger partial charge in [-0.3, -0.25) is 14.9 Å². The number of aromatic amines is 1. The molecule has 2 aromatic rings. The Morgan fingerprint density at radius 1 is 1.50 bits per heavy atom. The number of H-pyrrole nitrogens is 1. The van der Waals surface area contributed by atoms with Gasteiger partial charge in [0, 0.05) is 42.6 Å². The standard InChI is InChI=1S/C13H14N4O3/c1-9-8-10(2-3-11(9)17(19)20)13(18)16-5-4-12-14-6-7-15-12/h2-3,6-8H,4-5H2,1H3,(H,14,15)(H,16,18). The van der Waals surface area contributed by atoms with E-state index < -0.39 is 4.92 Å². The Balaban J connectivity index is 1.95. The van der Waals surface area contributed by atoms with Crippen LogP contribution >= 0.6 is 0 Å². The molecule has 1 heterocycles. The molecule has 0 radical (unpaired) electrons. The first-order valence-electron chi connectivity index (χ1n) is 6.09. The molecule has 0 aliphatic carbocycles. The Bertz CT molecular complexity index is 623. The average Bonchev–Trinajstić information content (AvgIpc) is 2.91. The van der Waals surface area contributed by atoms with Gasteiger partial charge in [-0.15, -0.1) is 0 Å². The zero-order chi connectivity index (χ0) is 14.5. The van der Waals surface area contributed by atoms with E-state index in [4.69, 9.17) is 0 Å². The zero-order valence-electron chi connectivity index (χ0n) is 10.9. The van der Waals surface area contributed by atoms with Gasteiger partial charge in [-0.1, -0.05) is 0 Å². The Labute approximate surface area is 115 Å². The number of imidazole rings is 1. The summed E-state index contributed by atoms with van der Waals surface area (Å²) in [6.07, 6.45) is 3.97. The molecule has 2 N–H and O–H groups in total. The van der Waals surface area contributed by atoms with Crippen molar-refractivity contribution >= 4 is 11.6 Å². The summed E-state index contributed by atoms with van der Waals surface area (Å²) in [5.74, 6) is 0.541. The first-order valence-corrected chi connectivity index (χ1v) is 6.09. The average molecular weight is 274 g/mol. The van der Waals surface area contributed by atoms with Crippen molar-refractivity contribution in [1.82, 2.24) is 15.3 Å². The molecule has 104 valence electrons. The van der Waals surface area contributed by atoms with Crippen molar-refractivity contribution in [2.45, 2.75) is 13.3 Å². The lowest BCUT2D eigenvalue weighted by molar-refractivity contribution is -0.385. The van der Waals surface area contributed by atoms with Gasteiger partial charge in [-0.25, -0.2) is 4.98 Å². The van der Waals surface area contributed by atoms with E-state index >= 15 is 0 Å². The second-order valence-electron chi connectivity index (χ2n) is 4.30. The number of aromatic nitrogens is 2. The summed E-state index contributed by atoms with van der Waals surface area (Å²) in [5, 5.41) is 13.4. The highest BCUT2D eigenvalue weighted by atomic mass is 16.6. The van der Waals surface area contributed by atoms with E-state index in [2.05, 4.69) is 15.3 Å². The van der Waals surface area contributed by atoms with E-state index in [-0.39, 0.29) is 11.6 Å². The molecule has 0 atom stereocenters. The molecule has 20 heavy (non-hydrogen) atoms. The van der Waals surface area contributed by atoms with Crippen LogP contribution in [-0.4, -0.2) is 27.3 Å². The van der Waals surface area contributed by atoms with E-state index in [1.807, 2.05) is 0 Å². The van der Waals surface area contributed by atoms with Crippen LogP contribution in [0.15, 0.2) is 30.6 Å². The van der Waals surface area contributed by atoms with Crippen LogP contribution < -0.4 is 5.32 Å². The summed E-state index contributed by atoms with van der Waals surface area (Å²) in [6, 6.07) is 4.31. The number of nitro groups is 1. The van der Waals surface area contributed by atoms with Crippen molar-refractivity contribution in [3.05, 3.63) is 57.7 Å². The largest absolute Gasteiger partial charge is 0.352 e. The van der Waals surface area contributed by atoms with E-state index in [9.17, 15) is 14.9 Å². The molecule has 1 amide bonds. The molecular weight excluding hydrogens is 260 g/mol. The van der Waals surface area contributed by atoms with Gasteiger partial charge < -0.3 is 10.3 Å². The predicted molar refractivity (Wildman–Crippen MR) is 72.5 cm³/mol. The third-order valence-corrected chi connectivity index (χ3v) is 2.86. The molecule has 1 aromatic carbocycles. The minimum Gasteiger partial charge on any atom is -0.352 e. The summed E-state index contributed by atoms with van der Waals surface area (Å²) >= 11 is 0. The molecule has 0 fully saturated rings. The number of carbonyl (C=O) groups excluding carboxylic acids is 1. The summed E-state index contributed by atoms with van der Waals surface area (Å²) in [5.41, 5.74) is 0.887. The number of amides is 1. The number of carbonyl (C=O) groups is 1. The fourth-order valence-electron chi connectivity index (χ4n) is 1.83. The van der Waals surface area contributed by atoms with Gasteiger partial charge in [0.1, 0.15) is 5.82 Å². The number of hydrogen-bond donors (Lipinski definition) is 2. The number of nitrogens with one attached hydrogen (secondary N) is 2. The van der Waals surface area contributed by atoms with Crippen LogP contribution in [0.5, 0.6) is 0 Å². The predicted octanol–water partition coefficient (Wildman–Crippen LogP) is 1.60. The third-order valence-electron chi connectivity index (χ3n) is 2.86. The minimum atomic E-state index is -0.464. The van der Waals surface area contributed by atoms with Crippen molar-refractivity contribution in [3.8, 4) is 0 Å². The lowest BCUT2D eigenvalue weighted by Crippen LogP contribution is -2.26. The van der Waals surface area contributed by atoms with Gasteiger partial charge in [0.15, 0.2) is 0 Å². The third kappa shape index (κ3) is 3.19. The number of nitrogens with zero attached hydrogens (tertiary/aromatic N) is 2. The quantitative estimate of drug-likeness (QED) is 0.638. The molecule has 7 heteroatoms. The molecule has 0 aliphatic rings. The highest BCUT2D eigenvalue weighted by molar-refractivity contribution is 5.94. The minimum absolute atomic E-state index is 0.0112.